The molecule has 0 heteroatoms. The highest BCUT2D eigenvalue weighted by Gasteiger charge is 2.54. The van der Waals surface area contributed by atoms with E-state index in [2.05, 4.69) is 231 Å². The van der Waals surface area contributed by atoms with Crippen molar-refractivity contribution >= 4 is 16.8 Å². The molecule has 11 rings (SSSR count). The molecule has 0 saturated heterocycles. The van der Waals surface area contributed by atoms with Crippen LogP contribution in [0.4, 0.5) is 0 Å². The van der Waals surface area contributed by atoms with Crippen molar-refractivity contribution < 1.29 is 0 Å². The van der Waals surface area contributed by atoms with Crippen LogP contribution in [0, 0.1) is 0 Å². The Bertz CT molecular complexity index is 2890. The van der Waals surface area contributed by atoms with E-state index in [0.29, 0.717) is 0 Å². The van der Waals surface area contributed by atoms with Gasteiger partial charge in [0.15, 0.2) is 0 Å². The second kappa shape index (κ2) is 15.0. The fourth-order valence-electron chi connectivity index (χ4n) is 10.9. The van der Waals surface area contributed by atoms with Gasteiger partial charge < -0.3 is 0 Å². The maximum absolute atomic E-state index is 2.56. The minimum absolute atomic E-state index is 0.0132. The van der Waals surface area contributed by atoms with Crippen LogP contribution < -0.4 is 0 Å². The second-order valence-corrected chi connectivity index (χ2v) is 16.9. The molecule has 9 aromatic carbocycles. The summed E-state index contributed by atoms with van der Waals surface area (Å²) in [6.07, 6.45) is 4.25. The van der Waals surface area contributed by atoms with Crippen LogP contribution >= 0.6 is 0 Å². The van der Waals surface area contributed by atoms with Gasteiger partial charge in [0.1, 0.15) is 0 Å². The molecule has 0 radical (unpaired) electrons. The maximum atomic E-state index is 2.56. The molecule has 1 atom stereocenters. The van der Waals surface area contributed by atoms with Crippen LogP contribution in [0.2, 0.25) is 0 Å². The number of fused-ring (bicyclic) bond motifs is 5. The molecule has 0 saturated carbocycles. The van der Waals surface area contributed by atoms with Crippen molar-refractivity contribution in [2.24, 2.45) is 0 Å². The molecule has 0 spiro atoms. The van der Waals surface area contributed by atoms with E-state index in [1.807, 2.05) is 0 Å². The highest BCUT2D eigenvalue weighted by atomic mass is 14.6. The van der Waals surface area contributed by atoms with Gasteiger partial charge >= 0.3 is 0 Å². The molecule has 0 aliphatic heterocycles. The van der Waals surface area contributed by atoms with E-state index in [4.69, 9.17) is 0 Å². The Morgan fingerprint density at radius 2 is 0.900 bits per heavy atom. The minimum atomic E-state index is -0.511. The fourth-order valence-corrected chi connectivity index (χ4v) is 10.9. The number of hydrogen-bond donors (Lipinski definition) is 0. The van der Waals surface area contributed by atoms with Crippen LogP contribution in [-0.2, 0) is 18.3 Å². The van der Waals surface area contributed by atoms with Crippen molar-refractivity contribution in [1.29, 1.82) is 0 Å². The highest BCUT2D eigenvalue weighted by Crippen LogP contribution is 2.64. The molecule has 0 heterocycles. The first kappa shape index (κ1) is 36.1. The Hall–Kier alpha value is -7.02. The van der Waals surface area contributed by atoms with Gasteiger partial charge in [-0.15, -0.1) is 0 Å². The molecule has 0 amide bonds. The predicted octanol–water partition coefficient (Wildman–Crippen LogP) is 15.0. The Balaban J connectivity index is 1.20. The zero-order chi connectivity index (χ0) is 40.0. The summed E-state index contributed by atoms with van der Waals surface area (Å²) in [5, 5.41) is 2.55. The van der Waals surface area contributed by atoms with Crippen molar-refractivity contribution in [2.75, 3.05) is 0 Å². The van der Waals surface area contributed by atoms with Crippen molar-refractivity contribution in [1.82, 2.24) is 0 Å². The lowest BCUT2D eigenvalue weighted by Gasteiger charge is -2.47. The van der Waals surface area contributed by atoms with Gasteiger partial charge in [-0.05, 0) is 114 Å². The van der Waals surface area contributed by atoms with Crippen molar-refractivity contribution in [3.63, 3.8) is 0 Å². The largest absolute Gasteiger partial charge is 0.0639 e. The summed E-state index contributed by atoms with van der Waals surface area (Å²) >= 11 is 0. The lowest BCUT2D eigenvalue weighted by atomic mass is 9.54. The molecule has 1 unspecified atom stereocenters. The molecule has 0 aromatic heterocycles. The van der Waals surface area contributed by atoms with Crippen LogP contribution in [0.3, 0.4) is 0 Å². The molecule has 9 aromatic rings. The molecule has 60 heavy (non-hydrogen) atoms. The smallest absolute Gasteiger partial charge is 0.0418 e. The molecule has 2 aliphatic carbocycles. The van der Waals surface area contributed by atoms with Crippen LogP contribution in [-0.4, -0.2) is 0 Å². The van der Waals surface area contributed by atoms with Gasteiger partial charge in [-0.2, -0.15) is 0 Å². The van der Waals surface area contributed by atoms with Crippen LogP contribution in [0.25, 0.3) is 39.1 Å². The van der Waals surface area contributed by atoms with Crippen LogP contribution in [0.5, 0.6) is 0 Å². The quantitative estimate of drug-likeness (QED) is 0.137. The Morgan fingerprint density at radius 3 is 1.48 bits per heavy atom. The molecular weight excluding hydrogens is 721 g/mol. The van der Waals surface area contributed by atoms with Gasteiger partial charge in [0.2, 0.25) is 0 Å². The number of hydrogen-bond acceptors (Lipinski definition) is 0. The SMILES string of the molecule is CC1=Cc2ccc(-c3cccc4ccccc34)cc2C1C(c1ccccc1)(c1ccccc1)C1c2cc(Cc3ccccc3)ccc2-c2ccc(Cc3ccccc3)cc21. The van der Waals surface area contributed by atoms with Gasteiger partial charge in [0, 0.05) is 17.3 Å². The average molecular weight is 767 g/mol. The van der Waals surface area contributed by atoms with Gasteiger partial charge in [-0.25, -0.2) is 0 Å². The summed E-state index contributed by atoms with van der Waals surface area (Å²) in [5.41, 5.74) is 19.7. The summed E-state index contributed by atoms with van der Waals surface area (Å²) < 4.78 is 0. The van der Waals surface area contributed by atoms with E-state index in [-0.39, 0.29) is 11.8 Å². The first-order valence-corrected chi connectivity index (χ1v) is 21.4. The van der Waals surface area contributed by atoms with Crippen LogP contribution in [0.15, 0.2) is 224 Å². The third-order valence-electron chi connectivity index (χ3n) is 13.4. The van der Waals surface area contributed by atoms with Crippen LogP contribution in [0.1, 0.15) is 74.4 Å². The van der Waals surface area contributed by atoms with Gasteiger partial charge in [-0.1, -0.05) is 224 Å². The van der Waals surface area contributed by atoms with Crippen molar-refractivity contribution in [2.45, 2.75) is 37.0 Å². The standard InChI is InChI=1S/C60H46/c1-41-35-47-31-32-48(52-28-16-22-46-21-14-15-27-51(46)52)40-55(47)58(41)60(49-23-10-4-11-24-49,50-25-12-5-13-26-50)59-56-38-44(36-42-17-6-2-7-18-42)29-33-53(56)54-34-30-45(39-57(54)59)37-43-19-8-3-9-20-43/h2-35,38-40,58-59H,36-37H2,1H3. The van der Waals surface area contributed by atoms with Gasteiger partial charge in [0.25, 0.3) is 0 Å². The Labute approximate surface area is 354 Å². The topological polar surface area (TPSA) is 0 Å². The molecular formula is C60H46. The molecule has 0 nitrogen and oxygen atoms in total. The molecule has 0 N–H and O–H groups in total. The molecule has 0 bridgehead atoms. The van der Waals surface area contributed by atoms with Gasteiger partial charge in [-0.3, -0.25) is 0 Å². The summed E-state index contributed by atoms with van der Waals surface area (Å²) in [4.78, 5) is 0. The number of benzene rings is 9. The number of rotatable bonds is 9. The first-order chi connectivity index (χ1) is 29.6. The lowest BCUT2D eigenvalue weighted by Crippen LogP contribution is -2.41. The zero-order valence-corrected chi connectivity index (χ0v) is 33.9. The van der Waals surface area contributed by atoms with Crippen molar-refractivity contribution in [3.8, 4) is 22.3 Å². The fraction of sp³-hybridized carbons (Fsp3) is 0.100. The number of allylic oxidation sites excluding steroid dienone is 1. The molecule has 286 valence electrons. The van der Waals surface area contributed by atoms with E-state index in [1.165, 1.54) is 94.2 Å². The van der Waals surface area contributed by atoms with E-state index < -0.39 is 5.41 Å². The lowest BCUT2D eigenvalue weighted by molar-refractivity contribution is 0.405. The van der Waals surface area contributed by atoms with E-state index in [0.717, 1.165) is 12.8 Å². The first-order valence-electron chi connectivity index (χ1n) is 21.4. The highest BCUT2D eigenvalue weighted by molar-refractivity contribution is 5.97. The maximum Gasteiger partial charge on any atom is 0.0418 e. The average Bonchev–Trinajstić information content (AvgIpc) is 3.81. The third kappa shape index (κ3) is 6.06. The van der Waals surface area contributed by atoms with E-state index in [9.17, 15) is 0 Å². The predicted molar refractivity (Wildman–Crippen MR) is 252 cm³/mol. The van der Waals surface area contributed by atoms with E-state index >= 15 is 0 Å². The Morgan fingerprint density at radius 1 is 0.383 bits per heavy atom. The van der Waals surface area contributed by atoms with Gasteiger partial charge in [0.05, 0.1) is 0 Å². The normalized spacial score (nSPS) is 14.4. The summed E-state index contributed by atoms with van der Waals surface area (Å²) in [6, 6.07) is 82.4. The summed E-state index contributed by atoms with van der Waals surface area (Å²) in [6.45, 7) is 2.39. The monoisotopic (exact) mass is 766 g/mol. The van der Waals surface area contributed by atoms with E-state index in [1.54, 1.807) is 0 Å². The molecule has 0 fully saturated rings. The molecule has 2 aliphatic rings. The van der Waals surface area contributed by atoms with Crippen molar-refractivity contribution in [3.05, 3.63) is 280 Å². The Kier molecular flexibility index (Phi) is 9.01. The summed E-state index contributed by atoms with van der Waals surface area (Å²) in [5.74, 6) is 0.0610. The summed E-state index contributed by atoms with van der Waals surface area (Å²) in [7, 11) is 0. The second-order valence-electron chi connectivity index (χ2n) is 16.9. The zero-order valence-electron chi connectivity index (χ0n) is 33.9. The minimum Gasteiger partial charge on any atom is -0.0639 e. The third-order valence-corrected chi connectivity index (χ3v) is 13.4.